The van der Waals surface area contributed by atoms with Crippen molar-refractivity contribution in [3.05, 3.63) is 89.7 Å². The summed E-state index contributed by atoms with van der Waals surface area (Å²) in [7, 11) is 0. The number of rotatable bonds is 4. The number of carbonyl (C=O) groups excluding carboxylic acids is 1. The van der Waals surface area contributed by atoms with Crippen molar-refractivity contribution in [2.45, 2.75) is 25.9 Å². The van der Waals surface area contributed by atoms with Crippen molar-refractivity contribution in [2.24, 2.45) is 5.73 Å². The van der Waals surface area contributed by atoms with Gasteiger partial charge in [0.15, 0.2) is 0 Å². The van der Waals surface area contributed by atoms with Crippen molar-refractivity contribution in [3.63, 3.8) is 0 Å². The van der Waals surface area contributed by atoms with E-state index in [1.54, 1.807) is 38.1 Å². The Morgan fingerprint density at radius 3 is 2.66 bits per heavy atom. The van der Waals surface area contributed by atoms with Crippen LogP contribution in [0.1, 0.15) is 30.9 Å². The lowest BCUT2D eigenvalue weighted by Crippen LogP contribution is -2.31. The third kappa shape index (κ3) is 3.69. The Morgan fingerprint density at radius 1 is 1.28 bits per heavy atom. The van der Waals surface area contributed by atoms with Gasteiger partial charge in [-0.3, -0.25) is 14.9 Å². The summed E-state index contributed by atoms with van der Waals surface area (Å²) >= 11 is 7.15. The van der Waals surface area contributed by atoms with Gasteiger partial charge >= 0.3 is 5.97 Å². The average Bonchev–Trinajstić information content (AvgIpc) is 2.72. The minimum Gasteiger partial charge on any atom is -0.459 e. The topological polar surface area (TPSA) is 122 Å². The van der Waals surface area contributed by atoms with Crippen LogP contribution in [-0.4, -0.2) is 17.0 Å². The van der Waals surface area contributed by atoms with Crippen LogP contribution in [0.25, 0.3) is 10.1 Å². The largest absolute Gasteiger partial charge is 0.459 e. The Hall–Kier alpha value is -3.43. The van der Waals surface area contributed by atoms with Crippen LogP contribution in [0.3, 0.4) is 0 Å². The van der Waals surface area contributed by atoms with E-state index < -0.39 is 22.9 Å². The number of esters is 1. The molecule has 164 valence electrons. The highest BCUT2D eigenvalue weighted by atomic mass is 35.5. The highest BCUT2D eigenvalue weighted by Gasteiger charge is 2.39. The highest BCUT2D eigenvalue weighted by molar-refractivity contribution is 7.16. The van der Waals surface area contributed by atoms with Gasteiger partial charge in [0.25, 0.3) is 5.69 Å². The molecule has 1 atom stereocenters. The highest BCUT2D eigenvalue weighted by Crippen LogP contribution is 2.45. The summed E-state index contributed by atoms with van der Waals surface area (Å²) in [4.78, 5) is 36.8. The molecule has 1 aliphatic heterocycles. The molecule has 0 aliphatic carbocycles. The van der Waals surface area contributed by atoms with Crippen LogP contribution in [0.15, 0.2) is 58.7 Å². The zero-order valence-electron chi connectivity index (χ0n) is 17.0. The Labute approximate surface area is 191 Å². The molecule has 10 heteroatoms. The molecule has 2 aromatic carbocycles. The summed E-state index contributed by atoms with van der Waals surface area (Å²) in [5, 5.41) is 11.7. The second-order valence-corrected chi connectivity index (χ2v) is 8.79. The maximum Gasteiger partial charge on any atom is 0.340 e. The number of nitrogens with two attached hydrogens (primary N) is 1. The molecule has 2 N–H and O–H groups in total. The fourth-order valence-corrected chi connectivity index (χ4v) is 4.82. The quantitative estimate of drug-likeness (QED) is 0.337. The normalized spacial score (nSPS) is 15.4. The number of halogens is 1. The van der Waals surface area contributed by atoms with E-state index in [4.69, 9.17) is 26.8 Å². The predicted molar refractivity (Wildman–Crippen MR) is 121 cm³/mol. The van der Waals surface area contributed by atoms with Crippen molar-refractivity contribution in [1.29, 1.82) is 0 Å². The van der Waals surface area contributed by atoms with E-state index in [0.717, 1.165) is 11.3 Å². The van der Waals surface area contributed by atoms with Gasteiger partial charge in [-0.25, -0.2) is 4.79 Å². The number of nitro benzene ring substituents is 1. The molecule has 1 aliphatic rings. The smallest absolute Gasteiger partial charge is 0.340 e. The van der Waals surface area contributed by atoms with E-state index >= 15 is 0 Å². The second-order valence-electron chi connectivity index (χ2n) is 7.36. The van der Waals surface area contributed by atoms with Gasteiger partial charge in [-0.2, -0.15) is 0 Å². The molecule has 3 aromatic rings. The zero-order valence-corrected chi connectivity index (χ0v) is 18.5. The fraction of sp³-hybridized carbons (Fsp3) is 0.182. The minimum absolute atomic E-state index is 0.0595. The van der Waals surface area contributed by atoms with Crippen molar-refractivity contribution in [2.75, 3.05) is 0 Å². The average molecular weight is 473 g/mol. The number of fused-ring (bicyclic) bond motifs is 3. The van der Waals surface area contributed by atoms with Crippen LogP contribution < -0.4 is 15.2 Å². The number of carbonyl (C=O) groups is 1. The van der Waals surface area contributed by atoms with Gasteiger partial charge in [-0.1, -0.05) is 41.1 Å². The van der Waals surface area contributed by atoms with Crippen molar-refractivity contribution in [1.82, 2.24) is 0 Å². The van der Waals surface area contributed by atoms with Crippen LogP contribution in [0.4, 0.5) is 5.69 Å². The molecule has 1 aromatic heterocycles. The van der Waals surface area contributed by atoms with Gasteiger partial charge in [0.05, 0.1) is 22.5 Å². The van der Waals surface area contributed by atoms with E-state index in [1.807, 2.05) is 0 Å². The molecule has 0 fully saturated rings. The number of benzene rings is 2. The van der Waals surface area contributed by atoms with E-state index in [-0.39, 0.29) is 38.2 Å². The number of ether oxygens (including phenoxy) is 2. The predicted octanol–water partition coefficient (Wildman–Crippen LogP) is 4.47. The van der Waals surface area contributed by atoms with E-state index in [1.165, 1.54) is 18.2 Å². The lowest BCUT2D eigenvalue weighted by Gasteiger charge is -2.29. The van der Waals surface area contributed by atoms with Crippen LogP contribution in [-0.2, 0) is 9.53 Å². The van der Waals surface area contributed by atoms with Gasteiger partial charge in [0.2, 0.25) is 10.6 Å². The van der Waals surface area contributed by atoms with Gasteiger partial charge in [0.1, 0.15) is 16.3 Å². The summed E-state index contributed by atoms with van der Waals surface area (Å²) < 4.78 is 11.5. The van der Waals surface area contributed by atoms with Gasteiger partial charge < -0.3 is 15.2 Å². The zero-order chi connectivity index (χ0) is 23.2. The summed E-state index contributed by atoms with van der Waals surface area (Å²) in [6.07, 6.45) is -0.448. The van der Waals surface area contributed by atoms with E-state index in [0.29, 0.717) is 15.6 Å². The van der Waals surface area contributed by atoms with Crippen LogP contribution in [0.5, 0.6) is 5.75 Å². The molecule has 8 nitrogen and oxygen atoms in total. The van der Waals surface area contributed by atoms with Crippen LogP contribution in [0, 0.1) is 10.1 Å². The Balaban J connectivity index is 2.02. The molecule has 0 amide bonds. The van der Waals surface area contributed by atoms with Crippen molar-refractivity contribution in [3.8, 4) is 5.75 Å². The summed E-state index contributed by atoms with van der Waals surface area (Å²) in [5.41, 5.74) is 6.39. The monoisotopic (exact) mass is 472 g/mol. The first-order valence-corrected chi connectivity index (χ1v) is 10.8. The Kier molecular flexibility index (Phi) is 5.62. The van der Waals surface area contributed by atoms with Crippen LogP contribution >= 0.6 is 22.9 Å². The molecule has 0 radical (unpaired) electrons. The first-order valence-electron chi connectivity index (χ1n) is 9.57. The van der Waals surface area contributed by atoms with E-state index in [9.17, 15) is 19.7 Å². The third-order valence-electron chi connectivity index (χ3n) is 4.92. The summed E-state index contributed by atoms with van der Waals surface area (Å²) in [5.74, 6) is -1.69. The number of hydrogen-bond donors (Lipinski definition) is 1. The fourth-order valence-electron chi connectivity index (χ4n) is 3.63. The Morgan fingerprint density at radius 2 is 2.00 bits per heavy atom. The summed E-state index contributed by atoms with van der Waals surface area (Å²) in [6.45, 7) is 3.36. The maximum atomic E-state index is 13.2. The number of hydrogen-bond acceptors (Lipinski definition) is 8. The maximum absolute atomic E-state index is 13.2. The first-order chi connectivity index (χ1) is 15.2. The lowest BCUT2D eigenvalue weighted by molar-refractivity contribution is -0.384. The minimum atomic E-state index is -0.975. The molecular formula is C22H17ClN2O6S. The molecule has 1 unspecified atom stereocenters. The standard InChI is InChI=1S/C22H17ClN2O6S/c1-10(2)30-21(26)18-16(11-7-8-14(25(28)29)13(23)9-11)17-19(31-20(18)24)12-5-3-4-6-15(12)32-22(17)27/h3-10,16H,24H2,1-2H3. The molecule has 0 saturated heterocycles. The molecule has 0 bridgehead atoms. The Bertz CT molecular complexity index is 1360. The first kappa shape index (κ1) is 21.8. The molecule has 2 heterocycles. The second kappa shape index (κ2) is 8.25. The molecule has 32 heavy (non-hydrogen) atoms. The third-order valence-corrected chi connectivity index (χ3v) is 6.20. The number of nitro groups is 1. The van der Waals surface area contributed by atoms with E-state index in [2.05, 4.69) is 0 Å². The van der Waals surface area contributed by atoms with Gasteiger partial charge in [0, 0.05) is 16.2 Å². The SMILES string of the molecule is CC(C)OC(=O)C1=C(N)Oc2c(c(=O)sc3ccccc23)C1c1ccc([N+](=O)[O-])c(Cl)c1. The molecule has 0 saturated carbocycles. The molecular weight excluding hydrogens is 456 g/mol. The van der Waals surface area contributed by atoms with Gasteiger partial charge in [-0.15, -0.1) is 0 Å². The van der Waals surface area contributed by atoms with Crippen molar-refractivity contribution < 1.29 is 19.2 Å². The van der Waals surface area contributed by atoms with Gasteiger partial charge in [-0.05, 0) is 37.6 Å². The molecule has 4 rings (SSSR count). The molecule has 0 spiro atoms. The lowest BCUT2D eigenvalue weighted by atomic mass is 9.83. The van der Waals surface area contributed by atoms with Crippen LogP contribution in [0.2, 0.25) is 5.02 Å². The number of nitrogens with zero attached hydrogens (tertiary/aromatic N) is 1. The summed E-state index contributed by atoms with van der Waals surface area (Å²) in [6, 6.07) is 11.2. The van der Waals surface area contributed by atoms with Crippen molar-refractivity contribution >= 4 is 44.7 Å².